The predicted molar refractivity (Wildman–Crippen MR) is 56.0 cm³/mol. The largest absolute Gasteiger partial charge is 0.403 e. The van der Waals surface area contributed by atoms with Gasteiger partial charge in [0.05, 0.1) is 0 Å². The van der Waals surface area contributed by atoms with Crippen molar-refractivity contribution in [3.63, 3.8) is 0 Å². The molecule has 1 aromatic carbocycles. The summed E-state index contributed by atoms with van der Waals surface area (Å²) in [5.74, 6) is 0. The lowest BCUT2D eigenvalue weighted by molar-refractivity contribution is -0.148. The Balaban J connectivity index is 0.00000196. The molecule has 0 saturated carbocycles. The second kappa shape index (κ2) is 5.98. The first-order valence-electron chi connectivity index (χ1n) is 4.36. The van der Waals surface area contributed by atoms with E-state index in [2.05, 4.69) is 0 Å². The third-order valence-corrected chi connectivity index (χ3v) is 2.01. The molecule has 0 saturated heterocycles. The molecule has 0 radical (unpaired) electrons. The van der Waals surface area contributed by atoms with Crippen LogP contribution >= 0.6 is 12.4 Å². The number of nitrogens with two attached hydrogens (primary N) is 1. The van der Waals surface area contributed by atoms with Crippen molar-refractivity contribution in [1.29, 1.82) is 0 Å². The van der Waals surface area contributed by atoms with E-state index in [1.165, 1.54) is 0 Å². The van der Waals surface area contributed by atoms with E-state index in [1.807, 2.05) is 6.07 Å². The van der Waals surface area contributed by atoms with Crippen LogP contribution in [0.5, 0.6) is 0 Å². The van der Waals surface area contributed by atoms with Crippen LogP contribution in [0, 0.1) is 0 Å². The Labute approximate surface area is 92.9 Å². The molecule has 5 heteroatoms. The minimum absolute atomic E-state index is 0. The minimum Gasteiger partial charge on any atom is -0.320 e. The van der Waals surface area contributed by atoms with E-state index < -0.39 is 12.2 Å². The van der Waals surface area contributed by atoms with Gasteiger partial charge in [-0.1, -0.05) is 30.3 Å². The summed E-state index contributed by atoms with van der Waals surface area (Å²) in [4.78, 5) is 0. The van der Waals surface area contributed by atoms with Gasteiger partial charge in [0, 0.05) is 0 Å². The number of rotatable bonds is 3. The molecule has 0 aliphatic heterocycles. The first-order chi connectivity index (χ1) is 6.50. The van der Waals surface area contributed by atoms with Crippen molar-refractivity contribution in [2.45, 2.75) is 25.1 Å². The fourth-order valence-electron chi connectivity index (χ4n) is 1.13. The minimum atomic E-state index is -4.28. The third-order valence-electron chi connectivity index (χ3n) is 2.01. The van der Waals surface area contributed by atoms with E-state index in [0.29, 0.717) is 6.42 Å². The van der Waals surface area contributed by atoms with Crippen LogP contribution in [0.3, 0.4) is 0 Å². The molecule has 0 heterocycles. The summed E-state index contributed by atoms with van der Waals surface area (Å²) in [5, 5.41) is 0. The second-order valence-corrected chi connectivity index (χ2v) is 3.17. The van der Waals surface area contributed by atoms with Crippen LogP contribution in [0.1, 0.15) is 12.0 Å². The Morgan fingerprint density at radius 1 is 1.13 bits per heavy atom. The summed E-state index contributed by atoms with van der Waals surface area (Å²) < 4.78 is 36.1. The molecule has 0 amide bonds. The van der Waals surface area contributed by atoms with Gasteiger partial charge in [0.25, 0.3) is 0 Å². The molecule has 0 bridgehead atoms. The highest BCUT2D eigenvalue weighted by Crippen LogP contribution is 2.21. The van der Waals surface area contributed by atoms with E-state index in [0.717, 1.165) is 5.56 Å². The first-order valence-corrected chi connectivity index (χ1v) is 4.36. The quantitative estimate of drug-likeness (QED) is 0.862. The molecule has 0 spiro atoms. The predicted octanol–water partition coefficient (Wildman–Crippen LogP) is 2.93. The Kier molecular flexibility index (Phi) is 5.68. The highest BCUT2D eigenvalue weighted by Gasteiger charge is 2.35. The number of hydrogen-bond donors (Lipinski definition) is 1. The molecule has 1 aromatic rings. The van der Waals surface area contributed by atoms with Crippen molar-refractivity contribution in [1.82, 2.24) is 0 Å². The standard InChI is InChI=1S/C10H12F3N.ClH/c11-10(12,13)9(14)7-6-8-4-2-1-3-5-8;/h1-5,9H,6-7,14H2;1H. The zero-order valence-corrected chi connectivity index (χ0v) is 8.81. The van der Waals surface area contributed by atoms with Gasteiger partial charge in [-0.05, 0) is 18.4 Å². The molecular weight excluding hydrogens is 227 g/mol. The van der Waals surface area contributed by atoms with E-state index in [-0.39, 0.29) is 18.8 Å². The SMILES string of the molecule is Cl.NC(CCc1ccccc1)C(F)(F)F. The van der Waals surface area contributed by atoms with Crippen molar-refractivity contribution in [2.24, 2.45) is 5.73 Å². The lowest BCUT2D eigenvalue weighted by atomic mass is 10.1. The fraction of sp³-hybridized carbons (Fsp3) is 0.400. The highest BCUT2D eigenvalue weighted by molar-refractivity contribution is 5.85. The topological polar surface area (TPSA) is 26.0 Å². The Hall–Kier alpha value is -0.740. The summed E-state index contributed by atoms with van der Waals surface area (Å²) in [6.45, 7) is 0. The average Bonchev–Trinajstić information content (AvgIpc) is 2.14. The van der Waals surface area contributed by atoms with Crippen LogP contribution in [0.2, 0.25) is 0 Å². The Morgan fingerprint density at radius 2 is 1.67 bits per heavy atom. The lowest BCUT2D eigenvalue weighted by Gasteiger charge is -2.14. The summed E-state index contributed by atoms with van der Waals surface area (Å²) in [5.41, 5.74) is 5.86. The van der Waals surface area contributed by atoms with Crippen molar-refractivity contribution in [3.8, 4) is 0 Å². The normalized spacial score (nSPS) is 13.1. The molecule has 0 aliphatic carbocycles. The fourth-order valence-corrected chi connectivity index (χ4v) is 1.13. The molecule has 1 atom stereocenters. The van der Waals surface area contributed by atoms with Crippen molar-refractivity contribution >= 4 is 12.4 Å². The van der Waals surface area contributed by atoms with E-state index >= 15 is 0 Å². The molecule has 15 heavy (non-hydrogen) atoms. The first kappa shape index (κ1) is 14.3. The zero-order valence-electron chi connectivity index (χ0n) is 8.00. The van der Waals surface area contributed by atoms with Crippen LogP contribution in [-0.4, -0.2) is 12.2 Å². The van der Waals surface area contributed by atoms with Gasteiger partial charge >= 0.3 is 6.18 Å². The number of halogens is 4. The van der Waals surface area contributed by atoms with Gasteiger partial charge in [-0.15, -0.1) is 12.4 Å². The summed E-state index contributed by atoms with van der Waals surface area (Å²) in [7, 11) is 0. The molecule has 0 fully saturated rings. The van der Waals surface area contributed by atoms with Gasteiger partial charge in [0.2, 0.25) is 0 Å². The molecule has 2 N–H and O–H groups in total. The van der Waals surface area contributed by atoms with Crippen LogP contribution in [-0.2, 0) is 6.42 Å². The molecule has 0 aliphatic rings. The molecule has 86 valence electrons. The highest BCUT2D eigenvalue weighted by atomic mass is 35.5. The van der Waals surface area contributed by atoms with Crippen LogP contribution in [0.4, 0.5) is 13.2 Å². The summed E-state index contributed by atoms with van der Waals surface area (Å²) in [6.07, 6.45) is -3.98. The smallest absolute Gasteiger partial charge is 0.320 e. The number of benzene rings is 1. The van der Waals surface area contributed by atoms with Crippen LogP contribution in [0.15, 0.2) is 30.3 Å². The zero-order chi connectivity index (χ0) is 10.6. The van der Waals surface area contributed by atoms with Gasteiger partial charge < -0.3 is 5.73 Å². The van der Waals surface area contributed by atoms with Crippen molar-refractivity contribution < 1.29 is 13.2 Å². The third kappa shape index (κ3) is 5.04. The second-order valence-electron chi connectivity index (χ2n) is 3.17. The maximum atomic E-state index is 12.0. The number of alkyl halides is 3. The maximum absolute atomic E-state index is 12.0. The van der Waals surface area contributed by atoms with Gasteiger partial charge in [-0.3, -0.25) is 0 Å². The monoisotopic (exact) mass is 239 g/mol. The maximum Gasteiger partial charge on any atom is 0.403 e. The number of hydrogen-bond acceptors (Lipinski definition) is 1. The average molecular weight is 240 g/mol. The summed E-state index contributed by atoms with van der Waals surface area (Å²) >= 11 is 0. The van der Waals surface area contributed by atoms with Gasteiger partial charge in [0.1, 0.15) is 6.04 Å². The lowest BCUT2D eigenvalue weighted by Crippen LogP contribution is -2.37. The number of aryl methyl sites for hydroxylation is 1. The van der Waals surface area contributed by atoms with Gasteiger partial charge in [-0.2, -0.15) is 13.2 Å². The van der Waals surface area contributed by atoms with Crippen molar-refractivity contribution in [2.75, 3.05) is 0 Å². The van der Waals surface area contributed by atoms with E-state index in [1.54, 1.807) is 24.3 Å². The molecule has 1 rings (SSSR count). The molecule has 0 aromatic heterocycles. The van der Waals surface area contributed by atoms with E-state index in [9.17, 15) is 13.2 Å². The Morgan fingerprint density at radius 3 is 2.13 bits per heavy atom. The summed E-state index contributed by atoms with van der Waals surface area (Å²) in [6, 6.07) is 7.30. The molecule has 1 unspecified atom stereocenters. The molecular formula is C10H13ClF3N. The van der Waals surface area contributed by atoms with Crippen LogP contribution < -0.4 is 5.73 Å². The molecule has 1 nitrogen and oxygen atoms in total. The van der Waals surface area contributed by atoms with Crippen LogP contribution in [0.25, 0.3) is 0 Å². The van der Waals surface area contributed by atoms with E-state index in [4.69, 9.17) is 5.73 Å². The van der Waals surface area contributed by atoms with Crippen molar-refractivity contribution in [3.05, 3.63) is 35.9 Å². The Bertz CT molecular complexity index is 274. The van der Waals surface area contributed by atoms with Gasteiger partial charge in [0.15, 0.2) is 0 Å². The van der Waals surface area contributed by atoms with Gasteiger partial charge in [-0.25, -0.2) is 0 Å².